The number of nitrogens with one attached hydrogen (secondary N) is 2. The Hall–Kier alpha value is -3.15. The molecule has 42 heavy (non-hydrogen) atoms. The molecule has 11 heteroatoms. The van der Waals surface area contributed by atoms with Crippen LogP contribution in [0.1, 0.15) is 45.1 Å². The van der Waals surface area contributed by atoms with Crippen molar-refractivity contribution < 1.29 is 38.2 Å². The second kappa shape index (κ2) is 14.3. The van der Waals surface area contributed by atoms with Gasteiger partial charge in [0.15, 0.2) is 11.6 Å². The number of epoxide rings is 1. The summed E-state index contributed by atoms with van der Waals surface area (Å²) in [5.74, 6) is -1.55. The quantitative estimate of drug-likeness (QED) is 0.273. The van der Waals surface area contributed by atoms with Gasteiger partial charge in [-0.1, -0.05) is 19.1 Å². The van der Waals surface area contributed by atoms with Gasteiger partial charge in [-0.25, -0.2) is 0 Å². The predicted molar refractivity (Wildman–Crippen MR) is 153 cm³/mol. The highest BCUT2D eigenvalue weighted by Gasteiger charge is 2.50. The van der Waals surface area contributed by atoms with E-state index in [0.29, 0.717) is 58.0 Å². The number of benzene rings is 1. The molecule has 2 N–H and O–H groups in total. The number of amides is 2. The van der Waals surface area contributed by atoms with Crippen molar-refractivity contribution in [3.05, 3.63) is 29.8 Å². The summed E-state index contributed by atoms with van der Waals surface area (Å²) in [7, 11) is 1.57. The molecule has 1 aromatic rings. The lowest BCUT2D eigenvalue weighted by Crippen LogP contribution is -2.46. The van der Waals surface area contributed by atoms with E-state index >= 15 is 0 Å². The van der Waals surface area contributed by atoms with Gasteiger partial charge in [0.05, 0.1) is 39.5 Å². The first-order chi connectivity index (χ1) is 20.1. The minimum Gasteiger partial charge on any atom is -0.497 e. The fourth-order valence-corrected chi connectivity index (χ4v) is 5.65. The Labute approximate surface area is 247 Å². The summed E-state index contributed by atoms with van der Waals surface area (Å²) in [5, 5.41) is 5.68. The first-order valence-electron chi connectivity index (χ1n) is 14.8. The first-order valence-corrected chi connectivity index (χ1v) is 14.8. The van der Waals surface area contributed by atoms with Gasteiger partial charge in [-0.3, -0.25) is 28.9 Å². The van der Waals surface area contributed by atoms with Gasteiger partial charge in [0.2, 0.25) is 11.8 Å². The highest BCUT2D eigenvalue weighted by atomic mass is 16.6. The number of rotatable bonds is 16. The molecule has 230 valence electrons. The summed E-state index contributed by atoms with van der Waals surface area (Å²) >= 11 is 0. The molecule has 3 saturated heterocycles. The Kier molecular flexibility index (Phi) is 10.9. The molecule has 3 aliphatic rings. The number of hydrogen-bond acceptors (Lipinski definition) is 9. The SMILES string of the molecule is COc1ccc(C[C@H](NC(=O)[C@H](C)CC(=O)CN2CCOCC2)C(=O)C[C@@H](C[C@H]2CNC(=O)C2)C(=O)[C@@]2(C)CO2)cc1. The molecule has 0 saturated carbocycles. The van der Waals surface area contributed by atoms with Gasteiger partial charge in [-0.15, -0.1) is 0 Å². The minimum atomic E-state index is -0.912. The molecule has 11 nitrogen and oxygen atoms in total. The third-order valence-corrected chi connectivity index (χ3v) is 8.39. The molecule has 0 bridgehead atoms. The lowest BCUT2D eigenvalue weighted by atomic mass is 9.81. The molecule has 2 amide bonds. The van der Waals surface area contributed by atoms with Crippen molar-refractivity contribution in [1.29, 1.82) is 0 Å². The molecule has 1 aromatic carbocycles. The molecule has 0 radical (unpaired) electrons. The normalized spacial score (nSPS) is 24.3. The van der Waals surface area contributed by atoms with E-state index in [1.165, 1.54) is 0 Å². The number of methoxy groups -OCH3 is 1. The van der Waals surface area contributed by atoms with Crippen LogP contribution in [0.5, 0.6) is 5.75 Å². The zero-order valence-electron chi connectivity index (χ0n) is 24.8. The average Bonchev–Trinajstić information content (AvgIpc) is 3.60. The maximum absolute atomic E-state index is 13.8. The number of carbonyl (C=O) groups excluding carboxylic acids is 5. The molecule has 0 unspecified atom stereocenters. The predicted octanol–water partition coefficient (Wildman–Crippen LogP) is 1.11. The van der Waals surface area contributed by atoms with E-state index in [9.17, 15) is 24.0 Å². The Bertz CT molecular complexity index is 1140. The summed E-state index contributed by atoms with van der Waals surface area (Å²) in [6, 6.07) is 6.34. The van der Waals surface area contributed by atoms with Gasteiger partial charge in [0.25, 0.3) is 0 Å². The fourth-order valence-electron chi connectivity index (χ4n) is 5.65. The van der Waals surface area contributed by atoms with Gasteiger partial charge in [-0.05, 0) is 43.4 Å². The molecule has 3 fully saturated rings. The topological polar surface area (TPSA) is 144 Å². The van der Waals surface area contributed by atoms with Crippen LogP contribution in [-0.2, 0) is 39.9 Å². The lowest BCUT2D eigenvalue weighted by Gasteiger charge is -2.26. The smallest absolute Gasteiger partial charge is 0.223 e. The summed E-state index contributed by atoms with van der Waals surface area (Å²) in [6.07, 6.45) is 0.913. The number of nitrogens with zero attached hydrogens (tertiary/aromatic N) is 1. The Morgan fingerprint density at radius 3 is 2.43 bits per heavy atom. The van der Waals surface area contributed by atoms with Crippen LogP contribution in [0.3, 0.4) is 0 Å². The molecule has 4 rings (SSSR count). The second-order valence-electron chi connectivity index (χ2n) is 12.0. The number of carbonyl (C=O) groups is 5. The van der Waals surface area contributed by atoms with Gasteiger partial charge < -0.3 is 24.8 Å². The molecular weight excluding hydrogens is 542 g/mol. The van der Waals surface area contributed by atoms with Crippen molar-refractivity contribution in [2.45, 2.75) is 57.6 Å². The van der Waals surface area contributed by atoms with Gasteiger partial charge in [0, 0.05) is 50.7 Å². The number of ether oxygens (including phenoxy) is 3. The van der Waals surface area contributed by atoms with Crippen LogP contribution in [-0.4, -0.2) is 98.8 Å². The lowest BCUT2D eigenvalue weighted by molar-refractivity contribution is -0.134. The van der Waals surface area contributed by atoms with Crippen LogP contribution in [0.15, 0.2) is 24.3 Å². The minimum absolute atomic E-state index is 0.0411. The first kappa shape index (κ1) is 31.8. The van der Waals surface area contributed by atoms with Crippen molar-refractivity contribution in [1.82, 2.24) is 15.5 Å². The van der Waals surface area contributed by atoms with Crippen LogP contribution in [0.2, 0.25) is 0 Å². The number of morpholine rings is 1. The zero-order chi connectivity index (χ0) is 30.3. The largest absolute Gasteiger partial charge is 0.497 e. The van der Waals surface area contributed by atoms with E-state index in [-0.39, 0.29) is 60.9 Å². The Balaban J connectivity index is 1.44. The molecule has 0 spiro atoms. The summed E-state index contributed by atoms with van der Waals surface area (Å²) < 4.78 is 16.0. The molecule has 3 aliphatic heterocycles. The third-order valence-electron chi connectivity index (χ3n) is 8.39. The van der Waals surface area contributed by atoms with E-state index in [4.69, 9.17) is 14.2 Å². The highest BCUT2D eigenvalue weighted by Crippen LogP contribution is 2.35. The molecule has 0 aromatic heterocycles. The summed E-state index contributed by atoms with van der Waals surface area (Å²) in [5.41, 5.74) is -0.0955. The summed E-state index contributed by atoms with van der Waals surface area (Å²) in [4.78, 5) is 66.9. The summed E-state index contributed by atoms with van der Waals surface area (Å²) in [6.45, 7) is 6.97. The maximum atomic E-state index is 13.8. The van der Waals surface area contributed by atoms with E-state index in [1.807, 2.05) is 17.0 Å². The third kappa shape index (κ3) is 8.92. The molecule has 3 heterocycles. The number of hydrogen-bond donors (Lipinski definition) is 2. The van der Waals surface area contributed by atoms with Gasteiger partial charge >= 0.3 is 0 Å². The monoisotopic (exact) mass is 585 g/mol. The van der Waals surface area contributed by atoms with Gasteiger partial charge in [-0.2, -0.15) is 0 Å². The number of Topliss-reactive ketones (excluding diaryl/α,β-unsaturated/α-hetero) is 3. The van der Waals surface area contributed by atoms with Crippen LogP contribution < -0.4 is 15.4 Å². The van der Waals surface area contributed by atoms with Crippen LogP contribution >= 0.6 is 0 Å². The second-order valence-corrected chi connectivity index (χ2v) is 12.0. The van der Waals surface area contributed by atoms with Crippen LogP contribution in [0.25, 0.3) is 0 Å². The molecule has 5 atom stereocenters. The van der Waals surface area contributed by atoms with E-state index < -0.39 is 23.5 Å². The van der Waals surface area contributed by atoms with Crippen LogP contribution in [0.4, 0.5) is 0 Å². The molecule has 0 aliphatic carbocycles. The Morgan fingerprint density at radius 1 is 1.14 bits per heavy atom. The standard InChI is InChI=1S/C31H43N3O8/c1-20(12-24(35)18-34-8-10-41-11-9-34)30(39)33-26(14-21-4-6-25(40-3)7-5-21)27(36)16-23(29(38)31(2)19-42-31)13-22-15-28(37)32-17-22/h4-7,20,22-23,26H,8-19H2,1-3H3,(H,32,37)(H,33,39)/t20-,22-,23-,26+,31-/m1/s1. The van der Waals surface area contributed by atoms with Crippen molar-refractivity contribution in [3.63, 3.8) is 0 Å². The Morgan fingerprint density at radius 2 is 1.83 bits per heavy atom. The maximum Gasteiger partial charge on any atom is 0.223 e. The van der Waals surface area contributed by atoms with E-state index in [1.54, 1.807) is 33.1 Å². The molecular formula is C31H43N3O8. The van der Waals surface area contributed by atoms with Crippen molar-refractivity contribution in [3.8, 4) is 5.75 Å². The number of ketones is 3. The van der Waals surface area contributed by atoms with Crippen molar-refractivity contribution >= 4 is 29.2 Å². The average molecular weight is 586 g/mol. The van der Waals surface area contributed by atoms with Gasteiger partial charge in [0.1, 0.15) is 17.1 Å². The van der Waals surface area contributed by atoms with Crippen molar-refractivity contribution in [2.24, 2.45) is 17.8 Å². The van der Waals surface area contributed by atoms with Crippen molar-refractivity contribution in [2.75, 3.05) is 53.1 Å². The van der Waals surface area contributed by atoms with E-state index in [2.05, 4.69) is 10.6 Å². The zero-order valence-corrected chi connectivity index (χ0v) is 24.8. The van der Waals surface area contributed by atoms with E-state index in [0.717, 1.165) is 5.56 Å². The highest BCUT2D eigenvalue weighted by molar-refractivity contribution is 5.97. The fraction of sp³-hybridized carbons (Fsp3) is 0.645. The van der Waals surface area contributed by atoms with Crippen LogP contribution in [0, 0.1) is 17.8 Å².